The Kier molecular flexibility index (Phi) is 4.21. The van der Waals surface area contributed by atoms with E-state index in [4.69, 9.17) is 5.11 Å². The van der Waals surface area contributed by atoms with E-state index < -0.39 is 12.0 Å². The molecule has 0 saturated heterocycles. The lowest BCUT2D eigenvalue weighted by molar-refractivity contribution is -0.134. The van der Waals surface area contributed by atoms with Gasteiger partial charge >= 0.3 is 5.97 Å². The molecule has 1 N–H and O–H groups in total. The van der Waals surface area contributed by atoms with Gasteiger partial charge in [0, 0.05) is 13.1 Å². The second-order valence-electron chi connectivity index (χ2n) is 4.73. The van der Waals surface area contributed by atoms with Gasteiger partial charge < -0.3 is 10.0 Å². The normalized spacial score (nSPS) is 12.3. The summed E-state index contributed by atoms with van der Waals surface area (Å²) in [6, 6.07) is 4.09. The number of carboxylic acids is 1. The predicted octanol–water partition coefficient (Wildman–Crippen LogP) is 1.56. The van der Waals surface area contributed by atoms with Gasteiger partial charge in [0.15, 0.2) is 0 Å². The first-order valence-corrected chi connectivity index (χ1v) is 6.86. The highest BCUT2D eigenvalue weighted by Gasteiger charge is 2.22. The minimum Gasteiger partial charge on any atom is -0.478 e. The Labute approximate surface area is 122 Å². The minimum absolute atomic E-state index is 0.0332. The van der Waals surface area contributed by atoms with Gasteiger partial charge in [-0.15, -0.1) is 5.10 Å². The van der Waals surface area contributed by atoms with E-state index in [9.17, 15) is 9.59 Å². The molecule has 0 radical (unpaired) electrons. The lowest BCUT2D eigenvalue weighted by Gasteiger charge is -2.22. The van der Waals surface area contributed by atoms with Crippen molar-refractivity contribution in [2.24, 2.45) is 0 Å². The molecule has 112 valence electrons. The summed E-state index contributed by atoms with van der Waals surface area (Å²) in [5, 5.41) is 16.9. The number of carbonyl (C=O) groups is 2. The lowest BCUT2D eigenvalue weighted by Crippen LogP contribution is -2.36. The monoisotopic (exact) mass is 290 g/mol. The van der Waals surface area contributed by atoms with E-state index in [0.717, 1.165) is 0 Å². The number of amides is 1. The molecule has 2 rings (SSSR count). The Bertz CT molecular complexity index is 676. The van der Waals surface area contributed by atoms with Crippen LogP contribution in [0.3, 0.4) is 0 Å². The minimum atomic E-state index is -1.02. The zero-order chi connectivity index (χ0) is 15.6. The molecule has 1 atom stereocenters. The fourth-order valence-corrected chi connectivity index (χ4v) is 2.27. The molecule has 0 spiro atoms. The smallest absolute Gasteiger partial charge is 0.335 e. The molecular weight excluding hydrogens is 272 g/mol. The average Bonchev–Trinajstić information content (AvgIpc) is 2.90. The zero-order valence-corrected chi connectivity index (χ0v) is 12.3. The number of benzene rings is 1. The first-order valence-electron chi connectivity index (χ1n) is 6.86. The molecule has 0 fully saturated rings. The molecule has 0 aliphatic rings. The standard InChI is InChI=1S/C14H18N4O3/c1-4-17(5-2)13(19)9(3)18-12-7-6-10(14(20)21)8-11(12)15-16-18/h6-9H,4-5H2,1-3H3,(H,20,21). The summed E-state index contributed by atoms with van der Waals surface area (Å²) in [5.41, 5.74) is 1.26. The van der Waals surface area contributed by atoms with Crippen molar-refractivity contribution in [2.75, 3.05) is 13.1 Å². The molecule has 0 saturated carbocycles. The lowest BCUT2D eigenvalue weighted by atomic mass is 10.2. The number of likely N-dealkylation sites (N-methyl/N-ethyl adjacent to an activating group) is 1. The van der Waals surface area contributed by atoms with Gasteiger partial charge in [-0.25, -0.2) is 9.48 Å². The van der Waals surface area contributed by atoms with Crippen LogP contribution >= 0.6 is 0 Å². The Morgan fingerprint density at radius 1 is 1.33 bits per heavy atom. The summed E-state index contributed by atoms with van der Waals surface area (Å²) in [6.07, 6.45) is 0. The van der Waals surface area contributed by atoms with Gasteiger partial charge in [-0.2, -0.15) is 0 Å². The van der Waals surface area contributed by atoms with Crippen molar-refractivity contribution in [3.8, 4) is 0 Å². The van der Waals surface area contributed by atoms with E-state index in [1.807, 2.05) is 13.8 Å². The first kappa shape index (κ1) is 15.0. The number of nitrogens with zero attached hydrogens (tertiary/aromatic N) is 4. The molecule has 7 nitrogen and oxygen atoms in total. The fourth-order valence-electron chi connectivity index (χ4n) is 2.27. The van der Waals surface area contributed by atoms with Crippen LogP contribution in [-0.4, -0.2) is 50.0 Å². The highest BCUT2D eigenvalue weighted by atomic mass is 16.4. The zero-order valence-electron chi connectivity index (χ0n) is 12.3. The van der Waals surface area contributed by atoms with E-state index in [0.29, 0.717) is 24.1 Å². The molecular formula is C14H18N4O3. The third-order valence-corrected chi connectivity index (χ3v) is 3.52. The number of fused-ring (bicyclic) bond motifs is 1. The predicted molar refractivity (Wildman–Crippen MR) is 77.1 cm³/mol. The van der Waals surface area contributed by atoms with Crippen LogP contribution in [0.15, 0.2) is 18.2 Å². The maximum absolute atomic E-state index is 12.4. The maximum Gasteiger partial charge on any atom is 0.335 e. The number of hydrogen-bond donors (Lipinski definition) is 1. The first-order chi connectivity index (χ1) is 9.99. The van der Waals surface area contributed by atoms with Crippen molar-refractivity contribution in [2.45, 2.75) is 26.8 Å². The van der Waals surface area contributed by atoms with Gasteiger partial charge in [0.25, 0.3) is 0 Å². The van der Waals surface area contributed by atoms with E-state index in [1.165, 1.54) is 16.8 Å². The quantitative estimate of drug-likeness (QED) is 0.902. The van der Waals surface area contributed by atoms with E-state index in [2.05, 4.69) is 10.3 Å². The second-order valence-corrected chi connectivity index (χ2v) is 4.73. The topological polar surface area (TPSA) is 88.3 Å². The third kappa shape index (κ3) is 2.72. The van der Waals surface area contributed by atoms with Crippen LogP contribution in [0.1, 0.15) is 37.2 Å². The third-order valence-electron chi connectivity index (χ3n) is 3.52. The van der Waals surface area contributed by atoms with Crippen molar-refractivity contribution in [3.63, 3.8) is 0 Å². The summed E-state index contributed by atoms with van der Waals surface area (Å²) < 4.78 is 1.53. The van der Waals surface area contributed by atoms with Crippen LogP contribution in [-0.2, 0) is 4.79 Å². The summed E-state index contributed by atoms with van der Waals surface area (Å²) in [7, 11) is 0. The Balaban J connectivity index is 2.38. The average molecular weight is 290 g/mol. The number of rotatable bonds is 5. The molecule has 1 amide bonds. The SMILES string of the molecule is CCN(CC)C(=O)C(C)n1nnc2cc(C(=O)O)ccc21. The van der Waals surface area contributed by atoms with E-state index in [1.54, 1.807) is 17.9 Å². The van der Waals surface area contributed by atoms with Gasteiger partial charge in [-0.3, -0.25) is 4.79 Å². The van der Waals surface area contributed by atoms with Crippen LogP contribution in [0.4, 0.5) is 0 Å². The molecule has 0 aliphatic heterocycles. The summed E-state index contributed by atoms with van der Waals surface area (Å²) in [4.78, 5) is 25.0. The van der Waals surface area contributed by atoms with E-state index in [-0.39, 0.29) is 11.5 Å². The van der Waals surface area contributed by atoms with Crippen LogP contribution in [0.2, 0.25) is 0 Å². The molecule has 21 heavy (non-hydrogen) atoms. The number of aromatic carboxylic acids is 1. The van der Waals surface area contributed by atoms with Gasteiger partial charge in [0.05, 0.1) is 11.1 Å². The fraction of sp³-hybridized carbons (Fsp3) is 0.429. The molecule has 1 unspecified atom stereocenters. The van der Waals surface area contributed by atoms with Crippen LogP contribution in [0.5, 0.6) is 0 Å². The number of carboxylic acid groups (broad SMARTS) is 1. The van der Waals surface area contributed by atoms with Crippen LogP contribution in [0.25, 0.3) is 11.0 Å². The Morgan fingerprint density at radius 3 is 2.57 bits per heavy atom. The van der Waals surface area contributed by atoms with Crippen molar-refractivity contribution in [3.05, 3.63) is 23.8 Å². The molecule has 0 bridgehead atoms. The van der Waals surface area contributed by atoms with Gasteiger partial charge in [-0.1, -0.05) is 5.21 Å². The molecule has 2 aromatic rings. The number of carbonyl (C=O) groups excluding carboxylic acids is 1. The van der Waals surface area contributed by atoms with Gasteiger partial charge in [-0.05, 0) is 39.0 Å². The van der Waals surface area contributed by atoms with Crippen molar-refractivity contribution in [1.29, 1.82) is 0 Å². The molecule has 7 heteroatoms. The summed E-state index contributed by atoms with van der Waals surface area (Å²) in [6.45, 7) is 6.88. The molecule has 1 heterocycles. The summed E-state index contributed by atoms with van der Waals surface area (Å²) in [5.74, 6) is -1.05. The van der Waals surface area contributed by atoms with Gasteiger partial charge in [0.2, 0.25) is 5.91 Å². The van der Waals surface area contributed by atoms with E-state index >= 15 is 0 Å². The van der Waals surface area contributed by atoms with Crippen LogP contribution < -0.4 is 0 Å². The largest absolute Gasteiger partial charge is 0.478 e. The van der Waals surface area contributed by atoms with Crippen molar-refractivity contribution < 1.29 is 14.7 Å². The van der Waals surface area contributed by atoms with Crippen molar-refractivity contribution in [1.82, 2.24) is 19.9 Å². The molecule has 0 aliphatic carbocycles. The second kappa shape index (κ2) is 5.90. The van der Waals surface area contributed by atoms with Crippen LogP contribution in [0, 0.1) is 0 Å². The highest BCUT2D eigenvalue weighted by molar-refractivity contribution is 5.92. The number of aromatic nitrogens is 3. The van der Waals surface area contributed by atoms with Crippen molar-refractivity contribution >= 4 is 22.9 Å². The maximum atomic E-state index is 12.4. The van der Waals surface area contributed by atoms with Gasteiger partial charge in [0.1, 0.15) is 11.6 Å². The number of hydrogen-bond acceptors (Lipinski definition) is 4. The molecule has 1 aromatic heterocycles. The Hall–Kier alpha value is -2.44. The highest BCUT2D eigenvalue weighted by Crippen LogP contribution is 2.19. The summed E-state index contributed by atoms with van der Waals surface area (Å²) >= 11 is 0. The Morgan fingerprint density at radius 2 is 2.00 bits per heavy atom. The molecule has 1 aromatic carbocycles.